The van der Waals surface area contributed by atoms with Crippen LogP contribution in [0, 0.1) is 17.0 Å². The van der Waals surface area contributed by atoms with E-state index in [1.54, 1.807) is 32.2 Å². The minimum absolute atomic E-state index is 0.0196. The van der Waals surface area contributed by atoms with Crippen LogP contribution in [-0.2, 0) is 12.4 Å². The molecule has 1 aromatic carbocycles. The molecule has 1 heterocycles. The average molecular weight is 323 g/mol. The minimum Gasteiger partial charge on any atom is -0.456 e. The standard InChI is InChI=1S/C15H15ClN2O4/c1-10-12(8-16)7-14(22-10)15(19)17(2)9-11-3-5-13(6-4-11)18(20)21/h3-7H,8-9H2,1-2H3. The highest BCUT2D eigenvalue weighted by Crippen LogP contribution is 2.19. The van der Waals surface area contributed by atoms with Crippen LogP contribution in [0.3, 0.4) is 0 Å². The summed E-state index contributed by atoms with van der Waals surface area (Å²) in [6.07, 6.45) is 0. The van der Waals surface area contributed by atoms with Gasteiger partial charge in [0.1, 0.15) is 5.76 Å². The van der Waals surface area contributed by atoms with E-state index in [0.717, 1.165) is 11.1 Å². The molecule has 0 bridgehead atoms. The zero-order chi connectivity index (χ0) is 16.3. The van der Waals surface area contributed by atoms with Gasteiger partial charge in [-0.25, -0.2) is 0 Å². The first-order valence-corrected chi connectivity index (χ1v) is 7.10. The molecule has 0 saturated carbocycles. The van der Waals surface area contributed by atoms with Crippen molar-refractivity contribution in [2.24, 2.45) is 0 Å². The number of aryl methyl sites for hydroxylation is 1. The number of non-ortho nitro benzene ring substituents is 1. The largest absolute Gasteiger partial charge is 0.456 e. The van der Waals surface area contributed by atoms with Crippen LogP contribution in [0.4, 0.5) is 5.69 Å². The van der Waals surface area contributed by atoms with Gasteiger partial charge in [0.25, 0.3) is 11.6 Å². The summed E-state index contributed by atoms with van der Waals surface area (Å²) in [5.74, 6) is 0.881. The maximum absolute atomic E-state index is 12.3. The number of nitro benzene ring substituents is 1. The lowest BCUT2D eigenvalue weighted by Crippen LogP contribution is -2.25. The summed E-state index contributed by atoms with van der Waals surface area (Å²) in [6.45, 7) is 2.08. The smallest absolute Gasteiger partial charge is 0.289 e. The molecule has 0 saturated heterocycles. The first-order chi connectivity index (χ1) is 10.4. The molecule has 6 nitrogen and oxygen atoms in total. The summed E-state index contributed by atoms with van der Waals surface area (Å²) in [5, 5.41) is 10.6. The van der Waals surface area contributed by atoms with Gasteiger partial charge in [-0.3, -0.25) is 14.9 Å². The Kier molecular flexibility index (Phi) is 4.82. The number of hydrogen-bond acceptors (Lipinski definition) is 4. The van der Waals surface area contributed by atoms with E-state index in [1.165, 1.54) is 17.0 Å². The van der Waals surface area contributed by atoms with Crippen LogP contribution in [0.15, 0.2) is 34.7 Å². The lowest BCUT2D eigenvalue weighted by molar-refractivity contribution is -0.384. The summed E-state index contributed by atoms with van der Waals surface area (Å²) in [5.41, 5.74) is 1.60. The van der Waals surface area contributed by atoms with Crippen LogP contribution in [0.1, 0.15) is 27.4 Å². The second-order valence-electron chi connectivity index (χ2n) is 4.91. The zero-order valence-electron chi connectivity index (χ0n) is 12.2. The molecular weight excluding hydrogens is 308 g/mol. The number of carbonyl (C=O) groups excluding carboxylic acids is 1. The highest BCUT2D eigenvalue weighted by atomic mass is 35.5. The molecule has 7 heteroatoms. The number of nitrogens with zero attached hydrogens (tertiary/aromatic N) is 2. The Balaban J connectivity index is 2.08. The molecule has 116 valence electrons. The van der Waals surface area contributed by atoms with Crippen LogP contribution in [0.2, 0.25) is 0 Å². The number of carbonyl (C=O) groups is 1. The molecule has 0 aliphatic heterocycles. The molecule has 0 radical (unpaired) electrons. The van der Waals surface area contributed by atoms with Crippen LogP contribution >= 0.6 is 11.6 Å². The number of amides is 1. The van der Waals surface area contributed by atoms with Gasteiger partial charge >= 0.3 is 0 Å². The van der Waals surface area contributed by atoms with Crippen molar-refractivity contribution >= 4 is 23.2 Å². The maximum Gasteiger partial charge on any atom is 0.289 e. The first kappa shape index (κ1) is 16.0. The van der Waals surface area contributed by atoms with Gasteiger partial charge in [-0.2, -0.15) is 0 Å². The van der Waals surface area contributed by atoms with Gasteiger partial charge in [0, 0.05) is 31.3 Å². The van der Waals surface area contributed by atoms with Gasteiger partial charge in [0.15, 0.2) is 5.76 Å². The number of hydrogen-bond donors (Lipinski definition) is 0. The van der Waals surface area contributed by atoms with Crippen molar-refractivity contribution in [1.82, 2.24) is 4.90 Å². The Morgan fingerprint density at radius 3 is 2.50 bits per heavy atom. The topological polar surface area (TPSA) is 76.6 Å². The molecule has 22 heavy (non-hydrogen) atoms. The number of rotatable bonds is 5. The van der Waals surface area contributed by atoms with E-state index in [1.807, 2.05) is 0 Å². The predicted octanol–water partition coefficient (Wildman–Crippen LogP) is 3.51. The van der Waals surface area contributed by atoms with Crippen molar-refractivity contribution in [2.45, 2.75) is 19.3 Å². The second kappa shape index (κ2) is 6.62. The molecular formula is C15H15ClN2O4. The third kappa shape index (κ3) is 3.46. The molecule has 0 aliphatic rings. The molecule has 0 aliphatic carbocycles. The first-order valence-electron chi connectivity index (χ1n) is 6.56. The number of benzene rings is 1. The van der Waals surface area contributed by atoms with Gasteiger partial charge in [0.2, 0.25) is 0 Å². The molecule has 2 aromatic rings. The van der Waals surface area contributed by atoms with E-state index in [2.05, 4.69) is 0 Å². The van der Waals surface area contributed by atoms with Gasteiger partial charge in [-0.05, 0) is 18.6 Å². The van der Waals surface area contributed by atoms with Crippen LogP contribution in [-0.4, -0.2) is 22.8 Å². The molecule has 0 spiro atoms. The molecule has 1 amide bonds. The normalized spacial score (nSPS) is 10.5. The van der Waals surface area contributed by atoms with E-state index < -0.39 is 4.92 Å². The van der Waals surface area contributed by atoms with Crippen molar-refractivity contribution in [2.75, 3.05) is 7.05 Å². The van der Waals surface area contributed by atoms with Crippen LogP contribution in [0.5, 0.6) is 0 Å². The highest BCUT2D eigenvalue weighted by molar-refractivity contribution is 6.17. The van der Waals surface area contributed by atoms with Gasteiger partial charge in [0.05, 0.1) is 10.8 Å². The van der Waals surface area contributed by atoms with Gasteiger partial charge in [-0.1, -0.05) is 12.1 Å². The monoisotopic (exact) mass is 322 g/mol. The number of alkyl halides is 1. The lowest BCUT2D eigenvalue weighted by Gasteiger charge is -2.15. The molecule has 0 unspecified atom stereocenters. The SMILES string of the molecule is Cc1oc(C(=O)N(C)Cc2ccc([N+](=O)[O-])cc2)cc1CCl. The van der Waals surface area contributed by atoms with E-state index in [4.69, 9.17) is 16.0 Å². The molecule has 0 fully saturated rings. The summed E-state index contributed by atoms with van der Waals surface area (Å²) >= 11 is 5.76. The summed E-state index contributed by atoms with van der Waals surface area (Å²) < 4.78 is 5.41. The van der Waals surface area contributed by atoms with Crippen molar-refractivity contribution in [1.29, 1.82) is 0 Å². The van der Waals surface area contributed by atoms with E-state index >= 15 is 0 Å². The quantitative estimate of drug-likeness (QED) is 0.479. The van der Waals surface area contributed by atoms with Crippen molar-refractivity contribution in [3.8, 4) is 0 Å². The minimum atomic E-state index is -0.460. The summed E-state index contributed by atoms with van der Waals surface area (Å²) in [4.78, 5) is 23.9. The Hall–Kier alpha value is -2.34. The highest BCUT2D eigenvalue weighted by Gasteiger charge is 2.18. The molecule has 0 N–H and O–H groups in total. The van der Waals surface area contributed by atoms with Gasteiger partial charge in [-0.15, -0.1) is 11.6 Å². The Morgan fingerprint density at radius 1 is 1.36 bits per heavy atom. The number of halogens is 1. The molecule has 2 rings (SSSR count). The van der Waals surface area contributed by atoms with E-state index in [9.17, 15) is 14.9 Å². The molecule has 1 aromatic heterocycles. The fraction of sp³-hybridized carbons (Fsp3) is 0.267. The number of furan rings is 1. The Bertz CT molecular complexity index is 694. The summed E-state index contributed by atoms with van der Waals surface area (Å²) in [6, 6.07) is 7.71. The molecule has 0 atom stereocenters. The van der Waals surface area contributed by atoms with Crippen molar-refractivity contribution < 1.29 is 14.1 Å². The maximum atomic E-state index is 12.3. The number of nitro groups is 1. The summed E-state index contributed by atoms with van der Waals surface area (Å²) in [7, 11) is 1.64. The average Bonchev–Trinajstić information content (AvgIpc) is 2.88. The second-order valence-corrected chi connectivity index (χ2v) is 5.18. The zero-order valence-corrected chi connectivity index (χ0v) is 13.0. The van der Waals surface area contributed by atoms with Crippen LogP contribution in [0.25, 0.3) is 0 Å². The lowest BCUT2D eigenvalue weighted by atomic mass is 10.2. The Morgan fingerprint density at radius 2 is 2.00 bits per heavy atom. The Labute approximate surface area is 132 Å². The van der Waals surface area contributed by atoms with Crippen LogP contribution < -0.4 is 0 Å². The van der Waals surface area contributed by atoms with Crippen molar-refractivity contribution in [3.05, 3.63) is 63.1 Å². The fourth-order valence-corrected chi connectivity index (χ4v) is 2.28. The third-order valence-electron chi connectivity index (χ3n) is 3.29. The van der Waals surface area contributed by atoms with Crippen molar-refractivity contribution in [3.63, 3.8) is 0 Å². The fourth-order valence-electron chi connectivity index (χ4n) is 2.01. The predicted molar refractivity (Wildman–Crippen MR) is 81.9 cm³/mol. The van der Waals surface area contributed by atoms with Gasteiger partial charge < -0.3 is 9.32 Å². The van der Waals surface area contributed by atoms with E-state index in [-0.39, 0.29) is 23.2 Å². The van der Waals surface area contributed by atoms with E-state index in [0.29, 0.717) is 12.3 Å². The third-order valence-corrected chi connectivity index (χ3v) is 3.58.